The Balaban J connectivity index is 1.56. The van der Waals surface area contributed by atoms with E-state index in [1.165, 1.54) is 22.5 Å². The highest BCUT2D eigenvalue weighted by molar-refractivity contribution is 7.89. The van der Waals surface area contributed by atoms with E-state index in [0.29, 0.717) is 18.4 Å². The Hall–Kier alpha value is -3.30. The molecule has 9 heteroatoms. The van der Waals surface area contributed by atoms with Crippen LogP contribution < -0.4 is 5.32 Å². The summed E-state index contributed by atoms with van der Waals surface area (Å²) in [4.78, 5) is 13.0. The summed E-state index contributed by atoms with van der Waals surface area (Å²) in [6, 6.07) is 11.9. The Morgan fingerprint density at radius 1 is 1.11 bits per heavy atom. The van der Waals surface area contributed by atoms with Gasteiger partial charge in [0.1, 0.15) is 11.5 Å². The molecule has 35 heavy (non-hydrogen) atoms. The minimum atomic E-state index is -4.00. The summed E-state index contributed by atoms with van der Waals surface area (Å²) < 4.78 is 47.7. The van der Waals surface area contributed by atoms with E-state index in [-0.39, 0.29) is 35.3 Å². The molecule has 3 aromatic rings. The highest BCUT2D eigenvalue weighted by Gasteiger charge is 2.37. The van der Waals surface area contributed by atoms with Gasteiger partial charge in [-0.2, -0.15) is 4.31 Å². The lowest BCUT2D eigenvalue weighted by Crippen LogP contribution is -2.44. The SMILES string of the molecule is Cc1cccc(C)c1NC(=O)[C@H]1CCCN(S(=O)(=O)c2c(C)noc2/C=C/c2ccccc2F)C1. The summed E-state index contributed by atoms with van der Waals surface area (Å²) in [5.74, 6) is -1.11. The molecule has 0 radical (unpaired) electrons. The van der Waals surface area contributed by atoms with Crippen LogP contribution >= 0.6 is 0 Å². The Bertz CT molecular complexity index is 1360. The maximum absolute atomic E-state index is 14.0. The molecule has 1 N–H and O–H groups in total. The number of benzene rings is 2. The number of piperidine rings is 1. The third kappa shape index (κ3) is 5.21. The van der Waals surface area contributed by atoms with Crippen molar-refractivity contribution in [2.75, 3.05) is 18.4 Å². The minimum absolute atomic E-state index is 0.0212. The molecular weight excluding hydrogens is 469 g/mol. The summed E-state index contributed by atoms with van der Waals surface area (Å²) in [7, 11) is -4.00. The lowest BCUT2D eigenvalue weighted by atomic mass is 9.98. The van der Waals surface area contributed by atoms with Crippen LogP contribution in [0.4, 0.5) is 10.1 Å². The van der Waals surface area contributed by atoms with Gasteiger partial charge in [0.05, 0.1) is 5.92 Å². The van der Waals surface area contributed by atoms with Crippen LogP contribution in [-0.4, -0.2) is 36.9 Å². The number of amides is 1. The van der Waals surface area contributed by atoms with Crippen LogP contribution in [0.5, 0.6) is 0 Å². The summed E-state index contributed by atoms with van der Waals surface area (Å²) in [5.41, 5.74) is 3.16. The largest absolute Gasteiger partial charge is 0.355 e. The number of aromatic nitrogens is 1. The van der Waals surface area contributed by atoms with Crippen molar-refractivity contribution in [1.29, 1.82) is 0 Å². The van der Waals surface area contributed by atoms with Gasteiger partial charge in [0, 0.05) is 24.3 Å². The molecule has 2 aromatic carbocycles. The number of sulfonamides is 1. The maximum atomic E-state index is 14.0. The third-order valence-electron chi connectivity index (χ3n) is 6.23. The van der Waals surface area contributed by atoms with Crippen molar-refractivity contribution in [3.05, 3.63) is 76.4 Å². The Kier molecular flexibility index (Phi) is 7.18. The number of hydrogen-bond acceptors (Lipinski definition) is 5. The number of aryl methyl sites for hydroxylation is 3. The number of nitrogens with zero attached hydrogens (tertiary/aromatic N) is 2. The third-order valence-corrected chi connectivity index (χ3v) is 8.26. The summed E-state index contributed by atoms with van der Waals surface area (Å²) >= 11 is 0. The first kappa shape index (κ1) is 24.8. The van der Waals surface area contributed by atoms with Gasteiger partial charge in [-0.1, -0.05) is 41.6 Å². The molecule has 0 unspecified atom stereocenters. The van der Waals surface area contributed by atoms with E-state index in [2.05, 4.69) is 10.5 Å². The van der Waals surface area contributed by atoms with Gasteiger partial charge in [0.25, 0.3) is 0 Å². The molecule has 1 aliphatic rings. The first-order valence-electron chi connectivity index (χ1n) is 11.4. The number of halogens is 1. The average Bonchev–Trinajstić information content (AvgIpc) is 3.22. The second-order valence-corrected chi connectivity index (χ2v) is 10.6. The van der Waals surface area contributed by atoms with Crippen LogP contribution in [0, 0.1) is 32.5 Å². The predicted molar refractivity (Wildman–Crippen MR) is 133 cm³/mol. The van der Waals surface area contributed by atoms with Crippen molar-refractivity contribution in [3.8, 4) is 0 Å². The van der Waals surface area contributed by atoms with Gasteiger partial charge in [0.15, 0.2) is 10.7 Å². The van der Waals surface area contributed by atoms with E-state index in [9.17, 15) is 17.6 Å². The number of para-hydroxylation sites is 1. The fraction of sp³-hybridized carbons (Fsp3) is 0.308. The van der Waals surface area contributed by atoms with E-state index in [1.807, 2.05) is 32.0 Å². The average molecular weight is 498 g/mol. The van der Waals surface area contributed by atoms with Gasteiger partial charge >= 0.3 is 0 Å². The second kappa shape index (κ2) is 10.1. The minimum Gasteiger partial charge on any atom is -0.355 e. The van der Waals surface area contributed by atoms with Crippen molar-refractivity contribution in [2.45, 2.75) is 38.5 Å². The molecule has 1 fully saturated rings. The standard InChI is InChI=1S/C26H28FN3O4S/c1-17-8-6-9-18(2)24(17)28-26(31)21-11-7-15-30(16-21)35(32,33)25-19(3)29-34-23(25)14-13-20-10-4-5-12-22(20)27/h4-6,8-10,12-14,21H,7,11,15-16H2,1-3H3,(H,28,31)/b14-13+/t21-/m0/s1. The van der Waals surface area contributed by atoms with Crippen molar-refractivity contribution >= 4 is 33.8 Å². The Morgan fingerprint density at radius 2 is 1.83 bits per heavy atom. The number of nitrogens with one attached hydrogen (secondary N) is 1. The van der Waals surface area contributed by atoms with Crippen molar-refractivity contribution in [2.24, 2.45) is 5.92 Å². The van der Waals surface area contributed by atoms with Crippen LogP contribution in [-0.2, 0) is 14.8 Å². The molecule has 4 rings (SSSR count). The molecular formula is C26H28FN3O4S. The number of anilines is 1. The van der Waals surface area contributed by atoms with Crippen LogP contribution in [0.1, 0.15) is 41.0 Å². The zero-order valence-corrected chi connectivity index (χ0v) is 20.7. The molecule has 1 atom stereocenters. The Labute approximate surface area is 204 Å². The van der Waals surface area contributed by atoms with E-state index >= 15 is 0 Å². The lowest BCUT2D eigenvalue weighted by Gasteiger charge is -2.31. The molecule has 0 saturated carbocycles. The smallest absolute Gasteiger partial charge is 0.248 e. The summed E-state index contributed by atoms with van der Waals surface area (Å²) in [6.45, 7) is 5.74. The molecule has 1 aromatic heterocycles. The molecule has 184 valence electrons. The lowest BCUT2D eigenvalue weighted by molar-refractivity contribution is -0.120. The van der Waals surface area contributed by atoms with E-state index in [0.717, 1.165) is 16.8 Å². The van der Waals surface area contributed by atoms with Crippen LogP contribution in [0.2, 0.25) is 0 Å². The molecule has 0 spiro atoms. The highest BCUT2D eigenvalue weighted by Crippen LogP contribution is 2.30. The summed E-state index contributed by atoms with van der Waals surface area (Å²) in [6.07, 6.45) is 3.99. The monoisotopic (exact) mass is 497 g/mol. The van der Waals surface area contributed by atoms with Gasteiger partial charge in [-0.05, 0) is 63.0 Å². The van der Waals surface area contributed by atoms with Crippen molar-refractivity contribution in [3.63, 3.8) is 0 Å². The van der Waals surface area contributed by atoms with Crippen LogP contribution in [0.3, 0.4) is 0 Å². The van der Waals surface area contributed by atoms with Crippen LogP contribution in [0.15, 0.2) is 51.9 Å². The van der Waals surface area contributed by atoms with E-state index < -0.39 is 21.8 Å². The Morgan fingerprint density at radius 3 is 2.54 bits per heavy atom. The van der Waals surface area contributed by atoms with Crippen molar-refractivity contribution in [1.82, 2.24) is 9.46 Å². The normalized spacial score (nSPS) is 17.1. The van der Waals surface area contributed by atoms with Crippen LogP contribution in [0.25, 0.3) is 12.2 Å². The van der Waals surface area contributed by atoms with E-state index in [1.54, 1.807) is 25.1 Å². The van der Waals surface area contributed by atoms with Gasteiger partial charge in [-0.3, -0.25) is 4.79 Å². The van der Waals surface area contributed by atoms with Gasteiger partial charge in [0.2, 0.25) is 15.9 Å². The van der Waals surface area contributed by atoms with Gasteiger partial charge in [-0.25, -0.2) is 12.8 Å². The first-order chi connectivity index (χ1) is 16.7. The summed E-state index contributed by atoms with van der Waals surface area (Å²) in [5, 5.41) is 6.82. The topological polar surface area (TPSA) is 92.5 Å². The molecule has 1 amide bonds. The number of rotatable bonds is 6. The van der Waals surface area contributed by atoms with E-state index in [4.69, 9.17) is 4.52 Å². The molecule has 1 aliphatic heterocycles. The quantitative estimate of drug-likeness (QED) is 0.520. The number of carbonyl (C=O) groups is 1. The number of hydrogen-bond donors (Lipinski definition) is 1. The molecule has 2 heterocycles. The number of carbonyl (C=O) groups excluding carboxylic acids is 1. The molecule has 1 saturated heterocycles. The molecule has 7 nitrogen and oxygen atoms in total. The fourth-order valence-electron chi connectivity index (χ4n) is 4.32. The van der Waals surface area contributed by atoms with Gasteiger partial charge < -0.3 is 9.84 Å². The zero-order chi connectivity index (χ0) is 25.2. The molecule has 0 aliphatic carbocycles. The zero-order valence-electron chi connectivity index (χ0n) is 19.9. The maximum Gasteiger partial charge on any atom is 0.248 e. The fourth-order valence-corrected chi connectivity index (χ4v) is 6.09. The second-order valence-electron chi connectivity index (χ2n) is 8.77. The van der Waals surface area contributed by atoms with Gasteiger partial charge in [-0.15, -0.1) is 0 Å². The first-order valence-corrected chi connectivity index (χ1v) is 12.9. The van der Waals surface area contributed by atoms with Crippen molar-refractivity contribution < 1.29 is 22.1 Å². The highest BCUT2D eigenvalue weighted by atomic mass is 32.2. The molecule has 0 bridgehead atoms. The predicted octanol–water partition coefficient (Wildman–Crippen LogP) is 4.95.